The Kier molecular flexibility index (Phi) is 8.50. The summed E-state index contributed by atoms with van der Waals surface area (Å²) in [5, 5.41) is 0.349. The Labute approximate surface area is 169 Å². The Bertz CT molecular complexity index is 743. The molecular weight excluding hydrogens is 425 g/mol. The molecule has 1 aromatic carbocycles. The van der Waals surface area contributed by atoms with Crippen LogP contribution in [0, 0.1) is 0 Å². The summed E-state index contributed by atoms with van der Waals surface area (Å²) in [5.41, 5.74) is 3.10. The standard InChI is InChI=1S/C17H15Cl3F2N2O3/c18-12(15-13(19)8-23-9-14(15)20)2-1-7-26-24-16(25)10-3-5-11(6-4-10)27-17(21)22/h3-6,8-9,12,17H,1-2,7H2,(H,24,25). The Morgan fingerprint density at radius 3 is 2.37 bits per heavy atom. The second kappa shape index (κ2) is 10.6. The maximum absolute atomic E-state index is 12.1. The van der Waals surface area contributed by atoms with Gasteiger partial charge in [-0.3, -0.25) is 14.6 Å². The van der Waals surface area contributed by atoms with Gasteiger partial charge >= 0.3 is 6.61 Å². The van der Waals surface area contributed by atoms with Gasteiger partial charge in [0.1, 0.15) is 5.75 Å². The highest BCUT2D eigenvalue weighted by atomic mass is 35.5. The summed E-state index contributed by atoms with van der Waals surface area (Å²) < 4.78 is 28.4. The van der Waals surface area contributed by atoms with Gasteiger partial charge in [-0.15, -0.1) is 11.6 Å². The molecule has 0 aliphatic carbocycles. The largest absolute Gasteiger partial charge is 0.435 e. The van der Waals surface area contributed by atoms with Crippen molar-refractivity contribution in [3.63, 3.8) is 0 Å². The van der Waals surface area contributed by atoms with Crippen molar-refractivity contribution in [2.75, 3.05) is 6.61 Å². The number of aromatic nitrogens is 1. The van der Waals surface area contributed by atoms with Crippen LogP contribution >= 0.6 is 34.8 Å². The molecule has 0 aliphatic rings. The number of rotatable bonds is 9. The molecule has 0 fully saturated rings. The first kappa shape index (κ1) is 21.6. The molecule has 0 bridgehead atoms. The first-order valence-corrected chi connectivity index (χ1v) is 8.97. The smallest absolute Gasteiger partial charge is 0.387 e. The minimum absolute atomic E-state index is 0.0379. The number of carbonyl (C=O) groups is 1. The third-order valence-corrected chi connectivity index (χ3v) is 4.45. The molecule has 1 atom stereocenters. The fraction of sp³-hybridized carbons (Fsp3) is 0.294. The summed E-state index contributed by atoms with van der Waals surface area (Å²) in [6.45, 7) is -2.71. The predicted octanol–water partition coefficient (Wildman–Crippen LogP) is 5.41. The number of halogens is 5. The number of amides is 1. The summed E-state index contributed by atoms with van der Waals surface area (Å²) in [6.07, 6.45) is 3.98. The van der Waals surface area contributed by atoms with Crippen LogP contribution in [0.4, 0.5) is 8.78 Å². The van der Waals surface area contributed by atoms with Crippen molar-refractivity contribution >= 4 is 40.7 Å². The third kappa shape index (κ3) is 6.77. The molecule has 10 heteroatoms. The molecule has 1 amide bonds. The van der Waals surface area contributed by atoms with E-state index >= 15 is 0 Å². The van der Waals surface area contributed by atoms with Crippen molar-refractivity contribution in [3.8, 4) is 5.75 Å². The molecule has 0 aliphatic heterocycles. The van der Waals surface area contributed by atoms with Crippen molar-refractivity contribution < 1.29 is 23.1 Å². The maximum Gasteiger partial charge on any atom is 0.387 e. The van der Waals surface area contributed by atoms with E-state index in [1.54, 1.807) is 0 Å². The fourth-order valence-electron chi connectivity index (χ4n) is 2.16. The SMILES string of the molecule is O=C(NOCCCC(Cl)c1c(Cl)cncc1Cl)c1ccc(OC(F)F)cc1. The van der Waals surface area contributed by atoms with Crippen LogP contribution in [0.1, 0.15) is 34.1 Å². The van der Waals surface area contributed by atoms with Crippen LogP contribution < -0.4 is 10.2 Å². The zero-order chi connectivity index (χ0) is 19.8. The lowest BCUT2D eigenvalue weighted by molar-refractivity contribution is -0.0498. The molecule has 0 spiro atoms. The van der Waals surface area contributed by atoms with Crippen LogP contribution in [0.15, 0.2) is 36.7 Å². The highest BCUT2D eigenvalue weighted by Crippen LogP contribution is 2.35. The van der Waals surface area contributed by atoms with Crippen molar-refractivity contribution in [2.45, 2.75) is 24.8 Å². The average Bonchev–Trinajstić information content (AvgIpc) is 2.61. The Balaban J connectivity index is 1.72. The number of pyridine rings is 1. The summed E-state index contributed by atoms with van der Waals surface area (Å²) in [4.78, 5) is 20.9. The molecule has 1 N–H and O–H groups in total. The van der Waals surface area contributed by atoms with Gasteiger partial charge in [0.2, 0.25) is 0 Å². The van der Waals surface area contributed by atoms with Gasteiger partial charge < -0.3 is 4.74 Å². The number of ether oxygens (including phenoxy) is 1. The van der Waals surface area contributed by atoms with Crippen molar-refractivity contribution in [2.24, 2.45) is 0 Å². The molecule has 0 radical (unpaired) electrons. The van der Waals surface area contributed by atoms with Crippen molar-refractivity contribution in [3.05, 3.63) is 57.8 Å². The minimum atomic E-state index is -2.92. The molecule has 0 saturated heterocycles. The molecule has 146 valence electrons. The van der Waals surface area contributed by atoms with E-state index in [-0.39, 0.29) is 17.9 Å². The minimum Gasteiger partial charge on any atom is -0.435 e. The number of nitrogens with zero attached hydrogens (tertiary/aromatic N) is 1. The second-order valence-electron chi connectivity index (χ2n) is 5.31. The van der Waals surface area contributed by atoms with Crippen LogP contribution in [0.5, 0.6) is 5.75 Å². The van der Waals surface area contributed by atoms with Crippen LogP contribution in [0.2, 0.25) is 10.0 Å². The number of alkyl halides is 3. The van der Waals surface area contributed by atoms with Crippen LogP contribution in [-0.4, -0.2) is 24.1 Å². The topological polar surface area (TPSA) is 60.5 Å². The molecule has 1 unspecified atom stereocenters. The predicted molar refractivity (Wildman–Crippen MR) is 98.6 cm³/mol. The van der Waals surface area contributed by atoms with Gasteiger partial charge in [0, 0.05) is 23.5 Å². The van der Waals surface area contributed by atoms with Gasteiger partial charge in [0.05, 0.1) is 22.0 Å². The summed E-state index contributed by atoms with van der Waals surface area (Å²) >= 11 is 18.4. The van der Waals surface area contributed by atoms with E-state index in [4.69, 9.17) is 39.6 Å². The van der Waals surface area contributed by atoms with Crippen LogP contribution in [0.25, 0.3) is 0 Å². The molecule has 2 rings (SSSR count). The average molecular weight is 440 g/mol. The number of carbonyl (C=O) groups excluding carboxylic acids is 1. The molecule has 1 aromatic heterocycles. The van der Waals surface area contributed by atoms with Gasteiger partial charge in [-0.2, -0.15) is 8.78 Å². The van der Waals surface area contributed by atoms with Crippen molar-refractivity contribution in [1.29, 1.82) is 0 Å². The lowest BCUT2D eigenvalue weighted by Crippen LogP contribution is -2.24. The van der Waals surface area contributed by atoms with Gasteiger partial charge in [-0.05, 0) is 37.1 Å². The van der Waals surface area contributed by atoms with E-state index in [0.717, 1.165) is 0 Å². The third-order valence-electron chi connectivity index (χ3n) is 3.41. The molecule has 5 nitrogen and oxygen atoms in total. The summed E-state index contributed by atoms with van der Waals surface area (Å²) in [5.74, 6) is -0.551. The number of nitrogens with one attached hydrogen (secondary N) is 1. The van der Waals surface area contributed by atoms with Gasteiger partial charge in [-0.25, -0.2) is 5.48 Å². The first-order valence-electron chi connectivity index (χ1n) is 7.78. The maximum atomic E-state index is 12.1. The quantitative estimate of drug-likeness (QED) is 0.322. The summed E-state index contributed by atoms with van der Waals surface area (Å²) in [7, 11) is 0. The van der Waals surface area contributed by atoms with Crippen molar-refractivity contribution in [1.82, 2.24) is 10.5 Å². The van der Waals surface area contributed by atoms with E-state index in [2.05, 4.69) is 15.2 Å². The Morgan fingerprint density at radius 1 is 1.15 bits per heavy atom. The molecule has 1 heterocycles. The lowest BCUT2D eigenvalue weighted by Gasteiger charge is -2.13. The van der Waals surface area contributed by atoms with Gasteiger partial charge in [-0.1, -0.05) is 23.2 Å². The number of benzene rings is 1. The fourth-order valence-corrected chi connectivity index (χ4v) is 3.29. The lowest BCUT2D eigenvalue weighted by atomic mass is 10.1. The zero-order valence-electron chi connectivity index (χ0n) is 13.8. The molecule has 0 saturated carbocycles. The second-order valence-corrected chi connectivity index (χ2v) is 6.65. The van der Waals surface area contributed by atoms with E-state index < -0.39 is 17.9 Å². The Morgan fingerprint density at radius 2 is 1.78 bits per heavy atom. The first-order chi connectivity index (χ1) is 12.9. The normalized spacial score (nSPS) is 12.1. The number of hydroxylamine groups is 1. The highest BCUT2D eigenvalue weighted by Gasteiger charge is 2.16. The molecule has 2 aromatic rings. The van der Waals surface area contributed by atoms with Gasteiger partial charge in [0.25, 0.3) is 5.91 Å². The number of hydrogen-bond acceptors (Lipinski definition) is 4. The van der Waals surface area contributed by atoms with E-state index in [1.807, 2.05) is 0 Å². The molecule has 27 heavy (non-hydrogen) atoms. The van der Waals surface area contributed by atoms with E-state index in [9.17, 15) is 13.6 Å². The van der Waals surface area contributed by atoms with E-state index in [0.29, 0.717) is 28.5 Å². The summed E-state index contributed by atoms with van der Waals surface area (Å²) in [6, 6.07) is 5.22. The Hall–Kier alpha value is -1.67. The zero-order valence-corrected chi connectivity index (χ0v) is 16.1. The highest BCUT2D eigenvalue weighted by molar-refractivity contribution is 6.37. The molecular formula is C17H15Cl3F2N2O3. The van der Waals surface area contributed by atoms with Gasteiger partial charge in [0.15, 0.2) is 0 Å². The monoisotopic (exact) mass is 438 g/mol. The number of hydrogen-bond donors (Lipinski definition) is 1. The van der Waals surface area contributed by atoms with Crippen LogP contribution in [-0.2, 0) is 4.84 Å². The van der Waals surface area contributed by atoms with Crippen LogP contribution in [0.3, 0.4) is 0 Å². The van der Waals surface area contributed by atoms with E-state index in [1.165, 1.54) is 36.7 Å².